The molecule has 3 aliphatic heterocycles. The molecule has 1 aromatic rings. The van der Waals surface area contributed by atoms with Crippen LogP contribution in [0.25, 0.3) is 0 Å². The number of rotatable bonds is 5. The van der Waals surface area contributed by atoms with E-state index in [1.54, 1.807) is 0 Å². The second kappa shape index (κ2) is 12.1. The number of hydrogen-bond acceptors (Lipinski definition) is 4. The molecule has 1 atom stereocenters. The summed E-state index contributed by atoms with van der Waals surface area (Å²) in [5.74, 6) is 0.766. The molecule has 2 N–H and O–H groups in total. The van der Waals surface area contributed by atoms with Gasteiger partial charge < -0.3 is 20.3 Å². The van der Waals surface area contributed by atoms with Crippen molar-refractivity contribution in [1.82, 2.24) is 15.5 Å². The van der Waals surface area contributed by atoms with Crippen LogP contribution >= 0.6 is 24.8 Å². The first kappa shape index (κ1) is 24.4. The number of benzene rings is 1. The average Bonchev–Trinajstić information content (AvgIpc) is 3.23. The van der Waals surface area contributed by atoms with Crippen molar-refractivity contribution >= 4 is 30.7 Å². The summed E-state index contributed by atoms with van der Waals surface area (Å²) >= 11 is 0. The molecular weight excluding hydrogens is 409 g/mol. The first-order valence-electron chi connectivity index (χ1n) is 10.7. The number of amides is 1. The molecule has 1 amide bonds. The predicted molar refractivity (Wildman–Crippen MR) is 122 cm³/mol. The van der Waals surface area contributed by atoms with Crippen LogP contribution in [0.2, 0.25) is 0 Å². The van der Waals surface area contributed by atoms with Crippen LogP contribution in [0.1, 0.15) is 48.0 Å². The predicted octanol–water partition coefficient (Wildman–Crippen LogP) is 3.06. The van der Waals surface area contributed by atoms with Crippen molar-refractivity contribution < 1.29 is 9.53 Å². The molecule has 3 heterocycles. The molecule has 0 saturated carbocycles. The van der Waals surface area contributed by atoms with Gasteiger partial charge in [-0.15, -0.1) is 24.8 Å². The maximum atomic E-state index is 12.9. The van der Waals surface area contributed by atoms with Crippen LogP contribution in [0.5, 0.6) is 0 Å². The Morgan fingerprint density at radius 3 is 2.48 bits per heavy atom. The number of halogens is 2. The van der Waals surface area contributed by atoms with E-state index in [1.807, 2.05) is 12.1 Å². The molecule has 164 valence electrons. The normalized spacial score (nSPS) is 23.8. The molecule has 0 aliphatic carbocycles. The van der Waals surface area contributed by atoms with Crippen LogP contribution < -0.4 is 10.6 Å². The van der Waals surface area contributed by atoms with E-state index in [2.05, 4.69) is 27.7 Å². The Morgan fingerprint density at radius 1 is 1.07 bits per heavy atom. The second-order valence-electron chi connectivity index (χ2n) is 8.35. The number of piperidine rings is 1. The SMILES string of the molecule is Cl.Cl.O=C(NC1CCN(C2CCOCC2)CC1)c1ccccc1CC1CCNC1. The molecule has 0 bridgehead atoms. The Morgan fingerprint density at radius 2 is 1.79 bits per heavy atom. The van der Waals surface area contributed by atoms with Crippen molar-refractivity contribution in [3.05, 3.63) is 35.4 Å². The highest BCUT2D eigenvalue weighted by molar-refractivity contribution is 5.95. The van der Waals surface area contributed by atoms with Gasteiger partial charge in [0.2, 0.25) is 0 Å². The van der Waals surface area contributed by atoms with Gasteiger partial charge in [0.05, 0.1) is 0 Å². The first-order valence-corrected chi connectivity index (χ1v) is 10.7. The number of ether oxygens (including phenoxy) is 1. The zero-order valence-electron chi connectivity index (χ0n) is 17.1. The summed E-state index contributed by atoms with van der Waals surface area (Å²) < 4.78 is 5.48. The lowest BCUT2D eigenvalue weighted by atomic mass is 9.94. The third-order valence-corrected chi connectivity index (χ3v) is 6.50. The fourth-order valence-corrected chi connectivity index (χ4v) is 4.84. The number of carbonyl (C=O) groups excluding carboxylic acids is 1. The fraction of sp³-hybridized carbons (Fsp3) is 0.682. The number of likely N-dealkylation sites (tertiary alicyclic amines) is 1. The Kier molecular flexibility index (Phi) is 10.2. The van der Waals surface area contributed by atoms with E-state index in [0.29, 0.717) is 18.0 Å². The van der Waals surface area contributed by atoms with Gasteiger partial charge in [0.15, 0.2) is 0 Å². The zero-order valence-corrected chi connectivity index (χ0v) is 18.7. The minimum atomic E-state index is 0. The van der Waals surface area contributed by atoms with Gasteiger partial charge in [0, 0.05) is 44.0 Å². The van der Waals surface area contributed by atoms with Crippen molar-refractivity contribution in [2.75, 3.05) is 39.4 Å². The minimum Gasteiger partial charge on any atom is -0.381 e. The lowest BCUT2D eigenvalue weighted by Crippen LogP contribution is -2.49. The van der Waals surface area contributed by atoms with E-state index in [-0.39, 0.29) is 30.7 Å². The van der Waals surface area contributed by atoms with Gasteiger partial charge in [0.1, 0.15) is 0 Å². The molecule has 29 heavy (non-hydrogen) atoms. The molecule has 7 heteroatoms. The lowest BCUT2D eigenvalue weighted by molar-refractivity contribution is 0.0238. The molecule has 3 fully saturated rings. The lowest BCUT2D eigenvalue weighted by Gasteiger charge is -2.39. The summed E-state index contributed by atoms with van der Waals surface area (Å²) in [6.45, 7) is 6.14. The van der Waals surface area contributed by atoms with Gasteiger partial charge in [-0.3, -0.25) is 4.79 Å². The van der Waals surface area contributed by atoms with Crippen LogP contribution in [0.3, 0.4) is 0 Å². The highest BCUT2D eigenvalue weighted by Gasteiger charge is 2.27. The summed E-state index contributed by atoms with van der Waals surface area (Å²) in [6.07, 6.45) is 6.62. The molecule has 0 spiro atoms. The summed E-state index contributed by atoms with van der Waals surface area (Å²) in [7, 11) is 0. The molecule has 4 rings (SSSR count). The number of nitrogens with one attached hydrogen (secondary N) is 2. The zero-order chi connectivity index (χ0) is 18.5. The Hall–Kier alpha value is -0.850. The summed E-state index contributed by atoms with van der Waals surface area (Å²) in [5, 5.41) is 6.74. The van der Waals surface area contributed by atoms with E-state index in [9.17, 15) is 4.79 Å². The van der Waals surface area contributed by atoms with E-state index in [4.69, 9.17) is 4.74 Å². The van der Waals surface area contributed by atoms with Gasteiger partial charge >= 0.3 is 0 Å². The Balaban J connectivity index is 0.00000150. The third-order valence-electron chi connectivity index (χ3n) is 6.50. The van der Waals surface area contributed by atoms with Crippen molar-refractivity contribution in [3.8, 4) is 0 Å². The van der Waals surface area contributed by atoms with Crippen molar-refractivity contribution in [2.45, 2.75) is 50.6 Å². The smallest absolute Gasteiger partial charge is 0.251 e. The van der Waals surface area contributed by atoms with Crippen LogP contribution in [0.15, 0.2) is 24.3 Å². The van der Waals surface area contributed by atoms with E-state index in [0.717, 1.165) is 77.1 Å². The van der Waals surface area contributed by atoms with E-state index >= 15 is 0 Å². The van der Waals surface area contributed by atoms with E-state index in [1.165, 1.54) is 12.0 Å². The number of carbonyl (C=O) groups is 1. The topological polar surface area (TPSA) is 53.6 Å². The third kappa shape index (κ3) is 6.56. The molecule has 1 aromatic carbocycles. The van der Waals surface area contributed by atoms with Crippen LogP contribution in [0, 0.1) is 5.92 Å². The highest BCUT2D eigenvalue weighted by Crippen LogP contribution is 2.22. The molecule has 5 nitrogen and oxygen atoms in total. The Labute approximate surface area is 187 Å². The molecule has 3 saturated heterocycles. The standard InChI is InChI=1S/C22H33N3O2.2ClH/c26-22(21-4-2-1-3-18(21)15-17-5-10-23-16-17)24-19-6-11-25(12-7-19)20-8-13-27-14-9-20;;/h1-4,17,19-20,23H,5-16H2,(H,24,26);2*1H. The maximum Gasteiger partial charge on any atom is 0.251 e. The summed E-state index contributed by atoms with van der Waals surface area (Å²) in [6, 6.07) is 9.14. The van der Waals surface area contributed by atoms with Crippen LogP contribution in [-0.2, 0) is 11.2 Å². The second-order valence-corrected chi connectivity index (χ2v) is 8.35. The van der Waals surface area contributed by atoms with Crippen LogP contribution in [-0.4, -0.2) is 62.3 Å². The molecule has 0 radical (unpaired) electrons. The van der Waals surface area contributed by atoms with Crippen molar-refractivity contribution in [3.63, 3.8) is 0 Å². The summed E-state index contributed by atoms with van der Waals surface area (Å²) in [5.41, 5.74) is 2.07. The highest BCUT2D eigenvalue weighted by atomic mass is 35.5. The molecular formula is C22H35Cl2N3O2. The molecule has 3 aliphatic rings. The quantitative estimate of drug-likeness (QED) is 0.733. The maximum absolute atomic E-state index is 12.9. The molecule has 1 unspecified atom stereocenters. The Bertz CT molecular complexity index is 626. The monoisotopic (exact) mass is 443 g/mol. The van der Waals surface area contributed by atoms with Gasteiger partial charge in [-0.25, -0.2) is 0 Å². The van der Waals surface area contributed by atoms with Gasteiger partial charge in [-0.2, -0.15) is 0 Å². The van der Waals surface area contributed by atoms with Crippen LogP contribution in [0.4, 0.5) is 0 Å². The molecule has 0 aromatic heterocycles. The average molecular weight is 444 g/mol. The van der Waals surface area contributed by atoms with Crippen molar-refractivity contribution in [1.29, 1.82) is 0 Å². The first-order chi connectivity index (χ1) is 13.3. The van der Waals surface area contributed by atoms with Gasteiger partial charge in [0.25, 0.3) is 5.91 Å². The van der Waals surface area contributed by atoms with E-state index < -0.39 is 0 Å². The van der Waals surface area contributed by atoms with Gasteiger partial charge in [-0.05, 0) is 69.2 Å². The summed E-state index contributed by atoms with van der Waals surface area (Å²) in [4.78, 5) is 15.5. The van der Waals surface area contributed by atoms with Crippen molar-refractivity contribution in [2.24, 2.45) is 5.92 Å². The minimum absolute atomic E-state index is 0. The van der Waals surface area contributed by atoms with Gasteiger partial charge in [-0.1, -0.05) is 18.2 Å². The number of hydrogen-bond donors (Lipinski definition) is 2. The largest absolute Gasteiger partial charge is 0.381 e. The fourth-order valence-electron chi connectivity index (χ4n) is 4.84. The number of nitrogens with zero attached hydrogens (tertiary/aromatic N) is 1.